The van der Waals surface area contributed by atoms with Gasteiger partial charge < -0.3 is 20.3 Å². The van der Waals surface area contributed by atoms with E-state index in [-0.39, 0.29) is 30.0 Å². The van der Waals surface area contributed by atoms with Crippen LogP contribution in [0.1, 0.15) is 51.6 Å². The number of nitrogens with zero attached hydrogens (tertiary/aromatic N) is 2. The highest BCUT2D eigenvalue weighted by molar-refractivity contribution is 14.0. The molecule has 1 aliphatic heterocycles. The van der Waals surface area contributed by atoms with Crippen LogP contribution in [-0.2, 0) is 4.74 Å². The Morgan fingerprint density at radius 1 is 1.23 bits per heavy atom. The van der Waals surface area contributed by atoms with Gasteiger partial charge in [0.1, 0.15) is 0 Å². The van der Waals surface area contributed by atoms with Crippen molar-refractivity contribution < 1.29 is 4.74 Å². The van der Waals surface area contributed by atoms with Crippen LogP contribution in [0.2, 0.25) is 0 Å². The van der Waals surface area contributed by atoms with Gasteiger partial charge in [-0.1, -0.05) is 12.1 Å². The van der Waals surface area contributed by atoms with Gasteiger partial charge in [0.05, 0.1) is 12.1 Å². The monoisotopic (exact) mass is 474 g/mol. The van der Waals surface area contributed by atoms with Gasteiger partial charge in [0, 0.05) is 39.0 Å². The van der Waals surface area contributed by atoms with E-state index >= 15 is 0 Å². The number of halogens is 1. The van der Waals surface area contributed by atoms with Crippen molar-refractivity contribution in [2.75, 3.05) is 38.2 Å². The van der Waals surface area contributed by atoms with Gasteiger partial charge in [-0.15, -0.1) is 24.0 Å². The Bertz CT molecular complexity index is 544. The minimum atomic E-state index is 0. The lowest BCUT2D eigenvalue weighted by atomic mass is 10.1. The standard InChI is InChI=1S/C20H34N4O.HI/c1-16(2)25-14-8-11-22-20(21-4)23-17(3)18-9-7-10-19(15-18)24-12-5-6-13-24;/h7,9-10,15-17H,5-6,8,11-14H2,1-4H3,(H2,21,22,23);1H. The molecule has 1 fully saturated rings. The van der Waals surface area contributed by atoms with Crippen molar-refractivity contribution in [1.29, 1.82) is 0 Å². The van der Waals surface area contributed by atoms with E-state index in [0.717, 1.165) is 25.5 Å². The van der Waals surface area contributed by atoms with Gasteiger partial charge >= 0.3 is 0 Å². The molecule has 1 aromatic rings. The summed E-state index contributed by atoms with van der Waals surface area (Å²) in [6.45, 7) is 10.3. The Labute approximate surface area is 176 Å². The summed E-state index contributed by atoms with van der Waals surface area (Å²) >= 11 is 0. The predicted octanol–water partition coefficient (Wildman–Crippen LogP) is 3.95. The molecule has 1 heterocycles. The number of hydrogen-bond donors (Lipinski definition) is 2. The van der Waals surface area contributed by atoms with Crippen molar-refractivity contribution in [2.24, 2.45) is 4.99 Å². The van der Waals surface area contributed by atoms with Gasteiger partial charge in [-0.25, -0.2) is 0 Å². The molecule has 1 saturated heterocycles. The summed E-state index contributed by atoms with van der Waals surface area (Å²) < 4.78 is 5.56. The number of aliphatic imine (C=N–C) groups is 1. The first-order chi connectivity index (χ1) is 12.1. The van der Waals surface area contributed by atoms with Crippen LogP contribution >= 0.6 is 24.0 Å². The van der Waals surface area contributed by atoms with E-state index in [2.05, 4.69) is 65.6 Å². The quantitative estimate of drug-likeness (QED) is 0.259. The molecule has 0 spiro atoms. The number of benzene rings is 1. The van der Waals surface area contributed by atoms with Crippen molar-refractivity contribution in [3.05, 3.63) is 29.8 Å². The SMILES string of the molecule is CN=C(NCCCOC(C)C)NC(C)c1cccc(N2CCCC2)c1.I. The van der Waals surface area contributed by atoms with Crippen molar-refractivity contribution in [2.45, 2.75) is 52.2 Å². The Morgan fingerprint density at radius 2 is 1.96 bits per heavy atom. The fourth-order valence-corrected chi connectivity index (χ4v) is 3.05. The number of hydrogen-bond acceptors (Lipinski definition) is 3. The van der Waals surface area contributed by atoms with Crippen LogP contribution in [0.15, 0.2) is 29.3 Å². The Balaban J connectivity index is 0.00000338. The lowest BCUT2D eigenvalue weighted by Crippen LogP contribution is -2.39. The summed E-state index contributed by atoms with van der Waals surface area (Å²) in [5.41, 5.74) is 2.62. The lowest BCUT2D eigenvalue weighted by Gasteiger charge is -2.22. The first kappa shape index (κ1) is 23.0. The minimum Gasteiger partial charge on any atom is -0.379 e. The third-order valence-corrected chi connectivity index (χ3v) is 4.48. The first-order valence-electron chi connectivity index (χ1n) is 9.54. The van der Waals surface area contributed by atoms with Crippen LogP contribution in [0.4, 0.5) is 5.69 Å². The zero-order valence-electron chi connectivity index (χ0n) is 16.6. The molecule has 0 aliphatic carbocycles. The highest BCUT2D eigenvalue weighted by Gasteiger charge is 2.14. The molecule has 1 aliphatic rings. The van der Waals surface area contributed by atoms with Crippen LogP contribution < -0.4 is 15.5 Å². The number of nitrogens with one attached hydrogen (secondary N) is 2. The molecular weight excluding hydrogens is 439 g/mol. The van der Waals surface area contributed by atoms with Crippen LogP contribution in [0.25, 0.3) is 0 Å². The highest BCUT2D eigenvalue weighted by atomic mass is 127. The van der Waals surface area contributed by atoms with E-state index < -0.39 is 0 Å². The summed E-state index contributed by atoms with van der Waals surface area (Å²) in [4.78, 5) is 6.80. The van der Waals surface area contributed by atoms with E-state index in [1.807, 2.05) is 7.05 Å². The zero-order chi connectivity index (χ0) is 18.1. The third-order valence-electron chi connectivity index (χ3n) is 4.48. The molecule has 0 radical (unpaired) electrons. The average molecular weight is 474 g/mol. The average Bonchev–Trinajstić information content (AvgIpc) is 3.14. The molecule has 1 aromatic carbocycles. The molecule has 1 unspecified atom stereocenters. The van der Waals surface area contributed by atoms with E-state index in [1.165, 1.54) is 37.2 Å². The second kappa shape index (κ2) is 12.4. The van der Waals surface area contributed by atoms with E-state index in [0.29, 0.717) is 6.10 Å². The van der Waals surface area contributed by atoms with Crippen molar-refractivity contribution in [1.82, 2.24) is 10.6 Å². The van der Waals surface area contributed by atoms with Crippen LogP contribution in [0.3, 0.4) is 0 Å². The molecule has 0 saturated carbocycles. The van der Waals surface area contributed by atoms with E-state index in [4.69, 9.17) is 4.74 Å². The topological polar surface area (TPSA) is 48.9 Å². The van der Waals surface area contributed by atoms with Gasteiger partial charge in [-0.05, 0) is 57.7 Å². The fraction of sp³-hybridized carbons (Fsp3) is 0.650. The number of anilines is 1. The van der Waals surface area contributed by atoms with Crippen molar-refractivity contribution in [3.8, 4) is 0 Å². The van der Waals surface area contributed by atoms with E-state index in [1.54, 1.807) is 0 Å². The second-order valence-electron chi connectivity index (χ2n) is 6.93. The zero-order valence-corrected chi connectivity index (χ0v) is 19.0. The second-order valence-corrected chi connectivity index (χ2v) is 6.93. The molecule has 0 amide bonds. The predicted molar refractivity (Wildman–Crippen MR) is 122 cm³/mol. The molecule has 2 N–H and O–H groups in total. The smallest absolute Gasteiger partial charge is 0.191 e. The molecule has 26 heavy (non-hydrogen) atoms. The molecule has 5 nitrogen and oxygen atoms in total. The molecule has 0 aromatic heterocycles. The summed E-state index contributed by atoms with van der Waals surface area (Å²) in [6.07, 6.45) is 3.86. The van der Waals surface area contributed by atoms with Crippen LogP contribution in [0.5, 0.6) is 0 Å². The van der Waals surface area contributed by atoms with Gasteiger partial charge in [0.2, 0.25) is 0 Å². The molecular formula is C20H35IN4O. The summed E-state index contributed by atoms with van der Waals surface area (Å²) in [7, 11) is 1.81. The minimum absolute atomic E-state index is 0. The molecule has 2 rings (SSSR count). The largest absolute Gasteiger partial charge is 0.379 e. The summed E-state index contributed by atoms with van der Waals surface area (Å²) in [5.74, 6) is 0.837. The molecule has 148 valence electrons. The summed E-state index contributed by atoms with van der Waals surface area (Å²) in [6, 6.07) is 9.05. The summed E-state index contributed by atoms with van der Waals surface area (Å²) in [5, 5.41) is 6.84. The normalized spacial score (nSPS) is 15.7. The first-order valence-corrected chi connectivity index (χ1v) is 9.54. The van der Waals surface area contributed by atoms with Crippen LogP contribution in [-0.4, -0.2) is 45.4 Å². The van der Waals surface area contributed by atoms with E-state index in [9.17, 15) is 0 Å². The number of ether oxygens (including phenoxy) is 1. The lowest BCUT2D eigenvalue weighted by molar-refractivity contribution is 0.0776. The van der Waals surface area contributed by atoms with Gasteiger partial charge in [0.15, 0.2) is 5.96 Å². The third kappa shape index (κ3) is 7.70. The molecule has 6 heteroatoms. The fourth-order valence-electron chi connectivity index (χ4n) is 3.05. The van der Waals surface area contributed by atoms with Crippen LogP contribution in [0, 0.1) is 0 Å². The highest BCUT2D eigenvalue weighted by Crippen LogP contribution is 2.23. The van der Waals surface area contributed by atoms with Crippen molar-refractivity contribution in [3.63, 3.8) is 0 Å². The maximum Gasteiger partial charge on any atom is 0.191 e. The Kier molecular flexibility index (Phi) is 11.0. The van der Waals surface area contributed by atoms with Crippen molar-refractivity contribution >= 4 is 35.6 Å². The maximum absolute atomic E-state index is 5.56. The molecule has 1 atom stereocenters. The Morgan fingerprint density at radius 3 is 2.62 bits per heavy atom. The van der Waals surface area contributed by atoms with Gasteiger partial charge in [-0.3, -0.25) is 4.99 Å². The maximum atomic E-state index is 5.56. The number of rotatable bonds is 8. The number of guanidine groups is 1. The Hall–Kier alpha value is -1.02. The molecule has 0 bridgehead atoms. The van der Waals surface area contributed by atoms with Gasteiger partial charge in [-0.2, -0.15) is 0 Å². The van der Waals surface area contributed by atoms with Gasteiger partial charge in [0.25, 0.3) is 0 Å².